The second-order valence-electron chi connectivity index (χ2n) is 11.2. The van der Waals surface area contributed by atoms with Gasteiger partial charge in [0.2, 0.25) is 5.91 Å². The summed E-state index contributed by atoms with van der Waals surface area (Å²) in [5.41, 5.74) is 4.06. The molecule has 2 amide bonds. The predicted octanol–water partition coefficient (Wildman–Crippen LogP) is 3.74. The number of aromatic nitrogens is 4. The monoisotopic (exact) mass is 578 g/mol. The average molecular weight is 579 g/mol. The second kappa shape index (κ2) is 11.2. The molecular weight excluding hydrogens is 548 g/mol. The molecule has 5 heterocycles. The molecule has 218 valence electrons. The minimum absolute atomic E-state index is 0.00170. The third-order valence-corrected chi connectivity index (χ3v) is 8.07. The molecule has 0 saturated heterocycles. The Labute approximate surface area is 247 Å². The van der Waals surface area contributed by atoms with E-state index in [0.29, 0.717) is 58.7 Å². The SMILES string of the molecule is N#Cc1cnn2c(-c3cc(Nc4cnc5c(c4)OCCO5)c(C(=O)N[C@H]4CC[C@H](NC(=O)C5CC5)CC4)cn3)ccc2c1. The van der Waals surface area contributed by atoms with Crippen LogP contribution in [0.2, 0.25) is 0 Å². The molecule has 12 heteroatoms. The minimum atomic E-state index is -0.241. The molecule has 3 N–H and O–H groups in total. The van der Waals surface area contributed by atoms with Crippen LogP contribution < -0.4 is 25.4 Å². The van der Waals surface area contributed by atoms with Crippen LogP contribution in [-0.2, 0) is 4.79 Å². The summed E-state index contributed by atoms with van der Waals surface area (Å²) in [6.45, 7) is 0.869. The van der Waals surface area contributed by atoms with Gasteiger partial charge in [0.05, 0.1) is 51.8 Å². The Balaban J connectivity index is 1.14. The number of carbonyl (C=O) groups is 2. The molecule has 2 saturated carbocycles. The number of amides is 2. The molecule has 1 aliphatic heterocycles. The molecule has 43 heavy (non-hydrogen) atoms. The van der Waals surface area contributed by atoms with E-state index < -0.39 is 0 Å². The summed E-state index contributed by atoms with van der Waals surface area (Å²) in [6.07, 6.45) is 9.90. The van der Waals surface area contributed by atoms with Crippen LogP contribution in [0.3, 0.4) is 0 Å². The molecule has 7 rings (SSSR count). The average Bonchev–Trinajstić information content (AvgIpc) is 3.81. The summed E-state index contributed by atoms with van der Waals surface area (Å²) in [6, 6.07) is 11.4. The lowest BCUT2D eigenvalue weighted by molar-refractivity contribution is -0.123. The van der Waals surface area contributed by atoms with E-state index in [-0.39, 0.29) is 29.8 Å². The lowest BCUT2D eigenvalue weighted by atomic mass is 9.90. The summed E-state index contributed by atoms with van der Waals surface area (Å²) >= 11 is 0. The van der Waals surface area contributed by atoms with Crippen molar-refractivity contribution in [3.05, 3.63) is 60.0 Å². The number of hydrogen-bond donors (Lipinski definition) is 3. The zero-order chi connectivity index (χ0) is 29.3. The number of carbonyl (C=O) groups excluding carboxylic acids is 2. The van der Waals surface area contributed by atoms with Crippen molar-refractivity contribution in [1.82, 2.24) is 30.2 Å². The van der Waals surface area contributed by atoms with Gasteiger partial charge in [-0.05, 0) is 62.8 Å². The maximum absolute atomic E-state index is 13.6. The Hall–Kier alpha value is -5.18. The largest absolute Gasteiger partial charge is 0.484 e. The summed E-state index contributed by atoms with van der Waals surface area (Å²) < 4.78 is 13.0. The molecule has 3 aliphatic rings. The first-order valence-corrected chi connectivity index (χ1v) is 14.6. The molecule has 4 aromatic rings. The van der Waals surface area contributed by atoms with Gasteiger partial charge in [0.25, 0.3) is 11.8 Å². The van der Waals surface area contributed by atoms with Gasteiger partial charge < -0.3 is 25.4 Å². The Bertz CT molecular complexity index is 1750. The van der Waals surface area contributed by atoms with Crippen molar-refractivity contribution in [2.75, 3.05) is 18.5 Å². The van der Waals surface area contributed by atoms with Crippen molar-refractivity contribution < 1.29 is 19.1 Å². The number of anilines is 2. The Morgan fingerprint density at radius 3 is 2.49 bits per heavy atom. The standard InChI is InChI=1S/C31H30N8O4/c32-14-18-11-23-7-8-27(39(23)35-15-18)26-13-25(36-22-12-28-31(34-16-22)43-10-9-42-28)24(17-33-26)30(41)38-21-5-3-20(4-6-21)37-29(40)19-1-2-19/h7-8,11-13,15-17,19-21H,1-6,9-10H2,(H,33,36)(H,37,40)(H,38,41)/t20-,21-. The third kappa shape index (κ3) is 5.66. The number of nitriles is 1. The highest BCUT2D eigenvalue weighted by Crippen LogP contribution is 2.33. The van der Waals surface area contributed by atoms with E-state index in [1.165, 1.54) is 6.20 Å². The fraction of sp³-hybridized carbons (Fsp3) is 0.355. The molecule has 0 spiro atoms. The van der Waals surface area contributed by atoms with Gasteiger partial charge in [0, 0.05) is 30.3 Å². The van der Waals surface area contributed by atoms with E-state index in [2.05, 4.69) is 37.1 Å². The molecule has 0 atom stereocenters. The molecule has 0 unspecified atom stereocenters. The van der Waals surface area contributed by atoms with E-state index in [0.717, 1.165) is 44.0 Å². The number of fused-ring (bicyclic) bond motifs is 2. The van der Waals surface area contributed by atoms with Crippen LogP contribution in [0.4, 0.5) is 11.4 Å². The van der Waals surface area contributed by atoms with Crippen LogP contribution in [0.5, 0.6) is 11.6 Å². The minimum Gasteiger partial charge on any atom is -0.484 e. The maximum atomic E-state index is 13.6. The maximum Gasteiger partial charge on any atom is 0.257 e. The van der Waals surface area contributed by atoms with Crippen molar-refractivity contribution in [1.29, 1.82) is 5.26 Å². The van der Waals surface area contributed by atoms with Crippen molar-refractivity contribution in [3.63, 3.8) is 0 Å². The summed E-state index contributed by atoms with van der Waals surface area (Å²) in [4.78, 5) is 34.8. The van der Waals surface area contributed by atoms with Gasteiger partial charge >= 0.3 is 0 Å². The molecule has 0 aromatic carbocycles. The summed E-state index contributed by atoms with van der Waals surface area (Å²) in [5, 5.41) is 23.3. The summed E-state index contributed by atoms with van der Waals surface area (Å²) in [5.74, 6) is 1.07. The lowest BCUT2D eigenvalue weighted by Crippen LogP contribution is -2.44. The highest BCUT2D eigenvalue weighted by molar-refractivity contribution is 6.00. The van der Waals surface area contributed by atoms with Crippen molar-refractivity contribution >= 4 is 28.7 Å². The fourth-order valence-electron chi connectivity index (χ4n) is 5.60. The van der Waals surface area contributed by atoms with Crippen LogP contribution >= 0.6 is 0 Å². The van der Waals surface area contributed by atoms with Gasteiger partial charge in [-0.1, -0.05) is 0 Å². The zero-order valence-electron chi connectivity index (χ0n) is 23.4. The van der Waals surface area contributed by atoms with E-state index >= 15 is 0 Å². The molecule has 12 nitrogen and oxygen atoms in total. The van der Waals surface area contributed by atoms with Crippen LogP contribution in [0.25, 0.3) is 16.9 Å². The lowest BCUT2D eigenvalue weighted by Gasteiger charge is -2.30. The first-order chi connectivity index (χ1) is 21.0. The van der Waals surface area contributed by atoms with Gasteiger partial charge in [-0.3, -0.25) is 14.6 Å². The molecule has 2 aliphatic carbocycles. The van der Waals surface area contributed by atoms with E-state index in [4.69, 9.17) is 9.47 Å². The Morgan fingerprint density at radius 1 is 0.907 bits per heavy atom. The Morgan fingerprint density at radius 2 is 1.70 bits per heavy atom. The number of nitrogens with one attached hydrogen (secondary N) is 3. The van der Waals surface area contributed by atoms with Gasteiger partial charge in [0.1, 0.15) is 19.3 Å². The van der Waals surface area contributed by atoms with Crippen LogP contribution in [-0.4, -0.2) is 56.7 Å². The van der Waals surface area contributed by atoms with Gasteiger partial charge in [0.15, 0.2) is 5.75 Å². The fourth-order valence-corrected chi connectivity index (χ4v) is 5.60. The molecule has 0 bridgehead atoms. The van der Waals surface area contributed by atoms with Crippen LogP contribution in [0, 0.1) is 17.2 Å². The zero-order valence-corrected chi connectivity index (χ0v) is 23.4. The van der Waals surface area contributed by atoms with E-state index in [1.54, 1.807) is 35.1 Å². The topological polar surface area (TPSA) is 156 Å². The highest BCUT2D eigenvalue weighted by Gasteiger charge is 2.32. The highest BCUT2D eigenvalue weighted by atomic mass is 16.6. The van der Waals surface area contributed by atoms with Crippen molar-refractivity contribution in [2.24, 2.45) is 5.92 Å². The van der Waals surface area contributed by atoms with Gasteiger partial charge in [-0.2, -0.15) is 10.4 Å². The Kier molecular flexibility index (Phi) is 6.98. The third-order valence-electron chi connectivity index (χ3n) is 8.07. The normalized spacial score (nSPS) is 19.3. The van der Waals surface area contributed by atoms with Gasteiger partial charge in [-0.15, -0.1) is 0 Å². The molecule has 0 radical (unpaired) electrons. The number of rotatable bonds is 7. The smallest absolute Gasteiger partial charge is 0.257 e. The number of hydrogen-bond acceptors (Lipinski definition) is 9. The predicted molar refractivity (Wildman–Crippen MR) is 156 cm³/mol. The molecular formula is C31H30N8O4. The molecule has 2 fully saturated rings. The van der Waals surface area contributed by atoms with Crippen LogP contribution in [0.15, 0.2) is 48.9 Å². The van der Waals surface area contributed by atoms with E-state index in [9.17, 15) is 14.9 Å². The first kappa shape index (κ1) is 26.7. The second-order valence-corrected chi connectivity index (χ2v) is 11.2. The van der Waals surface area contributed by atoms with Gasteiger partial charge in [-0.25, -0.2) is 9.50 Å². The number of nitrogens with zero attached hydrogens (tertiary/aromatic N) is 5. The summed E-state index contributed by atoms with van der Waals surface area (Å²) in [7, 11) is 0. The first-order valence-electron chi connectivity index (χ1n) is 14.6. The molecule has 4 aromatic heterocycles. The quantitative estimate of drug-likeness (QED) is 0.297. The van der Waals surface area contributed by atoms with E-state index in [1.807, 2.05) is 12.1 Å². The number of ether oxygens (including phenoxy) is 2. The van der Waals surface area contributed by atoms with Crippen LogP contribution in [0.1, 0.15) is 54.4 Å². The van der Waals surface area contributed by atoms with Crippen molar-refractivity contribution in [3.8, 4) is 29.1 Å². The number of pyridine rings is 2. The van der Waals surface area contributed by atoms with Crippen molar-refractivity contribution in [2.45, 2.75) is 50.6 Å².